The van der Waals surface area contributed by atoms with Crippen LogP contribution < -0.4 is 10.1 Å². The molecule has 0 saturated heterocycles. The Hall–Kier alpha value is -0.880. The fraction of sp³-hybridized carbons (Fsp3) is 0.455. The number of nitrogens with one attached hydrogen (secondary N) is 1. The van der Waals surface area contributed by atoms with E-state index in [1.165, 1.54) is 12.1 Å². The van der Waals surface area contributed by atoms with Crippen LogP contribution in [-0.4, -0.2) is 24.9 Å². The molecule has 1 aromatic carbocycles. The second-order valence-corrected chi connectivity index (χ2v) is 4.31. The van der Waals surface area contributed by atoms with Gasteiger partial charge in [-0.2, -0.15) is 11.8 Å². The predicted octanol–water partition coefficient (Wildman–Crippen LogP) is 3.04. The molecule has 0 aliphatic carbocycles. The van der Waals surface area contributed by atoms with Crippen LogP contribution in [0, 0.1) is 0 Å². The zero-order chi connectivity index (χ0) is 12.7. The zero-order valence-electron chi connectivity index (χ0n) is 9.38. The Balaban J connectivity index is 2.58. The third-order valence-electron chi connectivity index (χ3n) is 2.00. The van der Waals surface area contributed by atoms with Crippen molar-refractivity contribution in [3.63, 3.8) is 0 Å². The Morgan fingerprint density at radius 3 is 2.65 bits per heavy atom. The first-order valence-corrected chi connectivity index (χ1v) is 6.45. The molecule has 0 aromatic heterocycles. The van der Waals surface area contributed by atoms with E-state index < -0.39 is 6.36 Å². The van der Waals surface area contributed by atoms with Crippen LogP contribution in [0.2, 0.25) is 0 Å². The first-order valence-electron chi connectivity index (χ1n) is 5.06. The molecular formula is C11H14F3NOS. The van der Waals surface area contributed by atoms with Crippen molar-refractivity contribution < 1.29 is 17.9 Å². The van der Waals surface area contributed by atoms with Gasteiger partial charge in [0.15, 0.2) is 0 Å². The molecule has 0 radical (unpaired) electrons. The van der Waals surface area contributed by atoms with E-state index in [0.29, 0.717) is 12.1 Å². The Bertz CT molecular complexity index is 344. The molecule has 0 aliphatic rings. The Labute approximate surface area is 103 Å². The lowest BCUT2D eigenvalue weighted by Crippen LogP contribution is -2.21. The second kappa shape index (κ2) is 6.76. The van der Waals surface area contributed by atoms with Crippen LogP contribution in [0.3, 0.4) is 0 Å². The van der Waals surface area contributed by atoms with E-state index >= 15 is 0 Å². The molecule has 1 aromatic rings. The van der Waals surface area contributed by atoms with Gasteiger partial charge in [-0.25, -0.2) is 0 Å². The molecule has 0 fully saturated rings. The smallest absolute Gasteiger partial charge is 0.405 e. The van der Waals surface area contributed by atoms with E-state index in [-0.39, 0.29) is 5.75 Å². The van der Waals surface area contributed by atoms with Gasteiger partial charge < -0.3 is 10.1 Å². The highest BCUT2D eigenvalue weighted by molar-refractivity contribution is 7.98. The molecule has 17 heavy (non-hydrogen) atoms. The van der Waals surface area contributed by atoms with Crippen LogP contribution in [0.25, 0.3) is 0 Å². The molecule has 0 heterocycles. The Kier molecular flexibility index (Phi) is 5.64. The minimum Gasteiger partial charge on any atom is -0.405 e. The quantitative estimate of drug-likeness (QED) is 0.799. The maximum Gasteiger partial charge on any atom is 0.573 e. The van der Waals surface area contributed by atoms with Crippen LogP contribution in [0.15, 0.2) is 24.3 Å². The van der Waals surface area contributed by atoms with Crippen molar-refractivity contribution in [2.75, 3.05) is 18.6 Å². The van der Waals surface area contributed by atoms with E-state index in [0.717, 1.165) is 12.3 Å². The van der Waals surface area contributed by atoms with E-state index in [2.05, 4.69) is 10.1 Å². The largest absolute Gasteiger partial charge is 0.573 e. The number of ether oxygens (including phenoxy) is 1. The van der Waals surface area contributed by atoms with Gasteiger partial charge in [0, 0.05) is 24.4 Å². The molecule has 0 amide bonds. The molecule has 0 unspecified atom stereocenters. The molecule has 0 atom stereocenters. The van der Waals surface area contributed by atoms with Gasteiger partial charge >= 0.3 is 6.36 Å². The highest BCUT2D eigenvalue weighted by Crippen LogP contribution is 2.25. The maximum atomic E-state index is 12.1. The fourth-order valence-electron chi connectivity index (χ4n) is 1.27. The van der Waals surface area contributed by atoms with E-state index in [1.54, 1.807) is 23.9 Å². The summed E-state index contributed by atoms with van der Waals surface area (Å²) in [7, 11) is 0. The van der Waals surface area contributed by atoms with E-state index in [4.69, 9.17) is 0 Å². The number of benzene rings is 1. The van der Waals surface area contributed by atoms with Crippen LogP contribution in [0.5, 0.6) is 5.75 Å². The van der Waals surface area contributed by atoms with Crippen LogP contribution in [0.1, 0.15) is 5.56 Å². The molecule has 0 saturated carbocycles. The van der Waals surface area contributed by atoms with Gasteiger partial charge in [0.2, 0.25) is 0 Å². The number of alkyl halides is 3. The number of hydrogen-bond acceptors (Lipinski definition) is 3. The molecule has 1 rings (SSSR count). The number of rotatable bonds is 6. The van der Waals surface area contributed by atoms with Gasteiger partial charge in [-0.15, -0.1) is 13.2 Å². The molecule has 0 aliphatic heterocycles. The number of thioether (sulfide) groups is 1. The summed E-state index contributed by atoms with van der Waals surface area (Å²) in [4.78, 5) is 0. The number of halogens is 3. The molecule has 0 spiro atoms. The maximum absolute atomic E-state index is 12.1. The zero-order valence-corrected chi connectivity index (χ0v) is 10.2. The summed E-state index contributed by atoms with van der Waals surface area (Å²) in [5, 5.41) is 3.06. The molecule has 0 bridgehead atoms. The molecule has 96 valence electrons. The second-order valence-electron chi connectivity index (χ2n) is 3.33. The van der Waals surface area contributed by atoms with Crippen molar-refractivity contribution in [3.8, 4) is 5.75 Å². The van der Waals surface area contributed by atoms with Crippen molar-refractivity contribution in [3.05, 3.63) is 29.8 Å². The van der Waals surface area contributed by atoms with Gasteiger partial charge in [0.05, 0.1) is 0 Å². The molecular weight excluding hydrogens is 251 g/mol. The van der Waals surface area contributed by atoms with Crippen LogP contribution >= 0.6 is 11.8 Å². The molecule has 1 N–H and O–H groups in total. The first-order chi connectivity index (χ1) is 8.03. The lowest BCUT2D eigenvalue weighted by molar-refractivity contribution is -0.274. The number of hydrogen-bond donors (Lipinski definition) is 1. The Morgan fingerprint density at radius 2 is 2.00 bits per heavy atom. The summed E-state index contributed by atoms with van der Waals surface area (Å²) in [5.41, 5.74) is 0.505. The van der Waals surface area contributed by atoms with Crippen molar-refractivity contribution in [2.45, 2.75) is 12.9 Å². The van der Waals surface area contributed by atoms with E-state index in [9.17, 15) is 13.2 Å². The standard InChI is InChI=1S/C11H14F3NOS/c1-17-7-6-15-8-9-4-2-3-5-10(9)16-11(12,13)14/h2-5,15H,6-8H2,1H3. The van der Waals surface area contributed by atoms with Crippen LogP contribution in [-0.2, 0) is 6.54 Å². The van der Waals surface area contributed by atoms with Crippen LogP contribution in [0.4, 0.5) is 13.2 Å². The summed E-state index contributed by atoms with van der Waals surface area (Å²) in [5.74, 6) is 0.777. The van der Waals surface area contributed by atoms with Gasteiger partial charge in [-0.1, -0.05) is 18.2 Å². The summed E-state index contributed by atoms with van der Waals surface area (Å²) >= 11 is 1.68. The third-order valence-corrected chi connectivity index (χ3v) is 2.61. The van der Waals surface area contributed by atoms with Crippen molar-refractivity contribution >= 4 is 11.8 Å². The highest BCUT2D eigenvalue weighted by atomic mass is 32.2. The molecule has 6 heteroatoms. The predicted molar refractivity (Wildman–Crippen MR) is 63.2 cm³/mol. The summed E-state index contributed by atoms with van der Waals surface area (Å²) in [6, 6.07) is 6.15. The SMILES string of the molecule is CSCCNCc1ccccc1OC(F)(F)F. The van der Waals surface area contributed by atoms with Crippen molar-refractivity contribution in [1.82, 2.24) is 5.32 Å². The van der Waals surface area contributed by atoms with Gasteiger partial charge in [0.25, 0.3) is 0 Å². The Morgan fingerprint density at radius 1 is 1.29 bits per heavy atom. The average Bonchev–Trinajstić information content (AvgIpc) is 2.24. The minimum absolute atomic E-state index is 0.142. The average molecular weight is 265 g/mol. The fourth-order valence-corrected chi connectivity index (χ4v) is 1.62. The topological polar surface area (TPSA) is 21.3 Å². The first kappa shape index (κ1) is 14.2. The summed E-state index contributed by atoms with van der Waals surface area (Å²) in [6.07, 6.45) is -2.67. The third kappa shape index (κ3) is 5.83. The monoisotopic (exact) mass is 265 g/mol. The lowest BCUT2D eigenvalue weighted by Gasteiger charge is -2.13. The normalized spacial score (nSPS) is 11.5. The summed E-state index contributed by atoms with van der Waals surface area (Å²) < 4.78 is 40.3. The highest BCUT2D eigenvalue weighted by Gasteiger charge is 2.31. The van der Waals surface area contributed by atoms with Crippen molar-refractivity contribution in [1.29, 1.82) is 0 Å². The van der Waals surface area contributed by atoms with Crippen molar-refractivity contribution in [2.24, 2.45) is 0 Å². The van der Waals surface area contributed by atoms with Gasteiger partial charge in [-0.3, -0.25) is 0 Å². The molecule has 2 nitrogen and oxygen atoms in total. The lowest BCUT2D eigenvalue weighted by atomic mass is 10.2. The van der Waals surface area contributed by atoms with Gasteiger partial charge in [-0.05, 0) is 12.3 Å². The van der Waals surface area contributed by atoms with E-state index in [1.807, 2.05) is 6.26 Å². The minimum atomic E-state index is -4.64. The number of para-hydroxylation sites is 1. The van der Waals surface area contributed by atoms with Gasteiger partial charge in [0.1, 0.15) is 5.75 Å². The summed E-state index contributed by atoms with van der Waals surface area (Å²) in [6.45, 7) is 1.12.